The number of hydrogen-bond acceptors (Lipinski definition) is 3. The van der Waals surface area contributed by atoms with Crippen LogP contribution in [0.5, 0.6) is 5.75 Å². The number of carbonyl (C=O) groups excluding carboxylic acids is 2. The smallest absolute Gasteiger partial charge is 0.246 e. The lowest BCUT2D eigenvalue weighted by molar-refractivity contribution is -0.138. The van der Waals surface area contributed by atoms with Gasteiger partial charge in [-0.1, -0.05) is 19.1 Å². The summed E-state index contributed by atoms with van der Waals surface area (Å²) in [6, 6.07) is 7.47. The number of piperidine rings is 1. The Morgan fingerprint density at radius 3 is 2.92 bits per heavy atom. The molecule has 0 bridgehead atoms. The van der Waals surface area contributed by atoms with Gasteiger partial charge in [-0.2, -0.15) is 0 Å². The van der Waals surface area contributed by atoms with Gasteiger partial charge in [-0.05, 0) is 42.5 Å². The molecular formula is C19H26N2O3. The highest BCUT2D eigenvalue weighted by Crippen LogP contribution is 2.16. The summed E-state index contributed by atoms with van der Waals surface area (Å²) < 4.78 is 5.16. The highest BCUT2D eigenvalue weighted by atomic mass is 16.5. The molecule has 0 aliphatic carbocycles. The van der Waals surface area contributed by atoms with E-state index in [-0.39, 0.29) is 18.4 Å². The molecule has 1 unspecified atom stereocenters. The first-order valence-electron chi connectivity index (χ1n) is 8.34. The molecule has 1 aliphatic rings. The lowest BCUT2D eigenvalue weighted by Crippen LogP contribution is -2.44. The Bertz CT molecular complexity index is 612. The van der Waals surface area contributed by atoms with Gasteiger partial charge in [0.15, 0.2) is 0 Å². The molecule has 1 atom stereocenters. The molecule has 24 heavy (non-hydrogen) atoms. The van der Waals surface area contributed by atoms with E-state index in [0.717, 1.165) is 30.8 Å². The molecule has 1 saturated heterocycles. The summed E-state index contributed by atoms with van der Waals surface area (Å²) in [5.74, 6) is 1.12. The molecule has 130 valence electrons. The van der Waals surface area contributed by atoms with Crippen molar-refractivity contribution in [2.24, 2.45) is 5.92 Å². The first-order chi connectivity index (χ1) is 11.5. The molecular weight excluding hydrogens is 304 g/mol. The highest BCUT2D eigenvalue weighted by molar-refractivity contribution is 5.94. The fraction of sp³-hybridized carbons (Fsp3) is 0.474. The van der Waals surface area contributed by atoms with Crippen molar-refractivity contribution in [3.8, 4) is 5.75 Å². The van der Waals surface area contributed by atoms with Gasteiger partial charge in [-0.3, -0.25) is 9.59 Å². The summed E-state index contributed by atoms with van der Waals surface area (Å²) in [6.07, 6.45) is 5.43. The topological polar surface area (TPSA) is 49.9 Å². The maximum absolute atomic E-state index is 12.3. The normalized spacial score (nSPS) is 17.8. The summed E-state index contributed by atoms with van der Waals surface area (Å²) >= 11 is 0. The molecule has 1 aromatic carbocycles. The number of likely N-dealkylation sites (N-methyl/N-ethyl adjacent to an activating group) is 1. The van der Waals surface area contributed by atoms with Gasteiger partial charge in [0.1, 0.15) is 5.75 Å². The average Bonchev–Trinajstić information content (AvgIpc) is 2.59. The number of methoxy groups -OCH3 is 1. The van der Waals surface area contributed by atoms with E-state index in [1.54, 1.807) is 20.2 Å². The molecule has 2 rings (SSSR count). The molecule has 0 aromatic heterocycles. The Kier molecular flexibility index (Phi) is 6.41. The standard InChI is InChI=1S/C19H26N2O3/c1-15-6-5-11-21(13-15)19(23)14-20(2)18(22)10-9-16-7-4-8-17(12-16)24-3/h4,7-10,12,15H,5-6,11,13-14H2,1-3H3/b10-9+. The number of likely N-dealkylation sites (tertiary alicyclic amines) is 1. The third-order valence-corrected chi connectivity index (χ3v) is 4.27. The van der Waals surface area contributed by atoms with Gasteiger partial charge in [0.05, 0.1) is 13.7 Å². The van der Waals surface area contributed by atoms with Crippen LogP contribution >= 0.6 is 0 Å². The maximum atomic E-state index is 12.3. The maximum Gasteiger partial charge on any atom is 0.246 e. The minimum Gasteiger partial charge on any atom is -0.497 e. The van der Waals surface area contributed by atoms with Crippen molar-refractivity contribution in [3.63, 3.8) is 0 Å². The summed E-state index contributed by atoms with van der Waals surface area (Å²) in [5, 5.41) is 0. The van der Waals surface area contributed by atoms with E-state index in [9.17, 15) is 9.59 Å². The molecule has 1 aliphatic heterocycles. The molecule has 5 heteroatoms. The number of hydrogen-bond donors (Lipinski definition) is 0. The van der Waals surface area contributed by atoms with Crippen LogP contribution in [0.4, 0.5) is 0 Å². The summed E-state index contributed by atoms with van der Waals surface area (Å²) in [7, 11) is 3.26. The van der Waals surface area contributed by atoms with Gasteiger partial charge in [0.2, 0.25) is 11.8 Å². The Morgan fingerprint density at radius 1 is 1.42 bits per heavy atom. The van der Waals surface area contributed by atoms with E-state index in [2.05, 4.69) is 6.92 Å². The average molecular weight is 330 g/mol. The van der Waals surface area contributed by atoms with Crippen molar-refractivity contribution in [3.05, 3.63) is 35.9 Å². The number of amides is 2. The molecule has 2 amide bonds. The molecule has 1 aromatic rings. The quantitative estimate of drug-likeness (QED) is 0.779. The van der Waals surface area contributed by atoms with Crippen LogP contribution in [-0.2, 0) is 9.59 Å². The zero-order chi connectivity index (χ0) is 17.5. The number of carbonyl (C=O) groups is 2. The van der Waals surface area contributed by atoms with Crippen molar-refractivity contribution < 1.29 is 14.3 Å². The van der Waals surface area contributed by atoms with Gasteiger partial charge in [0.25, 0.3) is 0 Å². The first-order valence-corrected chi connectivity index (χ1v) is 8.34. The lowest BCUT2D eigenvalue weighted by Gasteiger charge is -2.32. The molecule has 0 saturated carbocycles. The number of ether oxygens (including phenoxy) is 1. The molecule has 0 radical (unpaired) electrons. The predicted molar refractivity (Wildman–Crippen MR) is 94.6 cm³/mol. The molecule has 1 fully saturated rings. The Hall–Kier alpha value is -2.30. The molecule has 5 nitrogen and oxygen atoms in total. The van der Waals surface area contributed by atoms with E-state index < -0.39 is 0 Å². The molecule has 0 N–H and O–H groups in total. The highest BCUT2D eigenvalue weighted by Gasteiger charge is 2.22. The van der Waals surface area contributed by atoms with Crippen molar-refractivity contribution in [2.75, 3.05) is 33.8 Å². The summed E-state index contributed by atoms with van der Waals surface area (Å²) in [6.45, 7) is 3.87. The molecule has 1 heterocycles. The summed E-state index contributed by atoms with van der Waals surface area (Å²) in [5.41, 5.74) is 0.882. The van der Waals surface area contributed by atoms with Crippen LogP contribution in [0, 0.1) is 5.92 Å². The zero-order valence-electron chi connectivity index (χ0n) is 14.7. The second-order valence-electron chi connectivity index (χ2n) is 6.39. The fourth-order valence-corrected chi connectivity index (χ4v) is 2.84. The third kappa shape index (κ3) is 5.11. The fourth-order valence-electron chi connectivity index (χ4n) is 2.84. The van der Waals surface area contributed by atoms with E-state index in [4.69, 9.17) is 4.74 Å². The second-order valence-corrected chi connectivity index (χ2v) is 6.39. The SMILES string of the molecule is COc1cccc(/C=C/C(=O)N(C)CC(=O)N2CCCC(C)C2)c1. The largest absolute Gasteiger partial charge is 0.497 e. The number of benzene rings is 1. The van der Waals surface area contributed by atoms with Gasteiger partial charge < -0.3 is 14.5 Å². The van der Waals surface area contributed by atoms with Crippen LogP contribution in [0.15, 0.2) is 30.3 Å². The van der Waals surface area contributed by atoms with Crippen molar-refractivity contribution in [1.82, 2.24) is 9.80 Å². The van der Waals surface area contributed by atoms with E-state index in [1.165, 1.54) is 17.4 Å². The zero-order valence-corrected chi connectivity index (χ0v) is 14.7. The van der Waals surface area contributed by atoms with Crippen LogP contribution in [0.2, 0.25) is 0 Å². The lowest BCUT2D eigenvalue weighted by atomic mass is 10.0. The monoisotopic (exact) mass is 330 g/mol. The van der Waals surface area contributed by atoms with Gasteiger partial charge >= 0.3 is 0 Å². The van der Waals surface area contributed by atoms with Crippen molar-refractivity contribution >= 4 is 17.9 Å². The second kappa shape index (κ2) is 8.52. The van der Waals surface area contributed by atoms with E-state index in [1.807, 2.05) is 29.2 Å². The Morgan fingerprint density at radius 2 is 2.21 bits per heavy atom. The Labute approximate surface area is 143 Å². The molecule has 0 spiro atoms. The number of rotatable bonds is 5. The third-order valence-electron chi connectivity index (χ3n) is 4.27. The first kappa shape index (κ1) is 18.0. The van der Waals surface area contributed by atoms with E-state index >= 15 is 0 Å². The van der Waals surface area contributed by atoms with Crippen LogP contribution in [0.3, 0.4) is 0 Å². The number of nitrogens with zero attached hydrogens (tertiary/aromatic N) is 2. The van der Waals surface area contributed by atoms with Crippen LogP contribution in [0.1, 0.15) is 25.3 Å². The van der Waals surface area contributed by atoms with Crippen LogP contribution in [0.25, 0.3) is 6.08 Å². The van der Waals surface area contributed by atoms with Crippen molar-refractivity contribution in [1.29, 1.82) is 0 Å². The van der Waals surface area contributed by atoms with Gasteiger partial charge in [0, 0.05) is 26.2 Å². The van der Waals surface area contributed by atoms with Crippen molar-refractivity contribution in [2.45, 2.75) is 19.8 Å². The van der Waals surface area contributed by atoms with Crippen LogP contribution < -0.4 is 4.74 Å². The summed E-state index contributed by atoms with van der Waals surface area (Å²) in [4.78, 5) is 27.8. The minimum absolute atomic E-state index is 0.0205. The minimum atomic E-state index is -0.184. The Balaban J connectivity index is 1.89. The van der Waals surface area contributed by atoms with Gasteiger partial charge in [-0.25, -0.2) is 0 Å². The van der Waals surface area contributed by atoms with Gasteiger partial charge in [-0.15, -0.1) is 0 Å². The predicted octanol–water partition coefficient (Wildman–Crippen LogP) is 2.43. The van der Waals surface area contributed by atoms with E-state index in [0.29, 0.717) is 5.92 Å². The van der Waals surface area contributed by atoms with Crippen LogP contribution in [-0.4, -0.2) is 55.4 Å².